The van der Waals surface area contributed by atoms with Crippen LogP contribution in [0.5, 0.6) is 0 Å². The number of amides is 1. The molecular weight excluding hydrogens is 470 g/mol. The van der Waals surface area contributed by atoms with Crippen molar-refractivity contribution in [1.29, 1.82) is 0 Å². The number of thiazole rings is 1. The first-order valence-electron chi connectivity index (χ1n) is 12.3. The molecule has 0 N–H and O–H groups in total. The highest BCUT2D eigenvalue weighted by Gasteiger charge is 2.26. The molecule has 0 radical (unpaired) electrons. The van der Waals surface area contributed by atoms with Crippen LogP contribution in [0.4, 0.5) is 5.13 Å². The molecule has 0 aliphatic rings. The first-order chi connectivity index (χ1) is 17.4. The van der Waals surface area contributed by atoms with Gasteiger partial charge in [0.25, 0.3) is 5.91 Å². The van der Waals surface area contributed by atoms with E-state index in [1.807, 2.05) is 36.4 Å². The Labute approximate surface area is 213 Å². The van der Waals surface area contributed by atoms with Crippen molar-refractivity contribution in [2.45, 2.75) is 27.7 Å². The Kier molecular flexibility index (Phi) is 6.60. The number of aromatic nitrogens is 1. The fourth-order valence-corrected chi connectivity index (χ4v) is 5.58. The molecule has 3 aromatic carbocycles. The van der Waals surface area contributed by atoms with Crippen LogP contribution in [-0.4, -0.2) is 42.0 Å². The van der Waals surface area contributed by atoms with Crippen molar-refractivity contribution in [3.8, 4) is 0 Å². The van der Waals surface area contributed by atoms with E-state index in [-0.39, 0.29) is 5.56 Å². The lowest BCUT2D eigenvalue weighted by atomic mass is 10.0. The maximum absolute atomic E-state index is 14.0. The second-order valence-corrected chi connectivity index (χ2v) is 10.0. The number of hydrogen-bond donors (Lipinski definition) is 0. The molecule has 6 nitrogen and oxygen atoms in total. The number of rotatable bonds is 7. The molecule has 5 aromatic rings. The van der Waals surface area contributed by atoms with E-state index >= 15 is 0 Å². The summed E-state index contributed by atoms with van der Waals surface area (Å²) in [5.41, 5.74) is 3.04. The third-order valence-electron chi connectivity index (χ3n) is 6.88. The van der Waals surface area contributed by atoms with E-state index in [2.05, 4.69) is 38.7 Å². The number of anilines is 1. The molecule has 184 valence electrons. The van der Waals surface area contributed by atoms with Crippen LogP contribution in [0.1, 0.15) is 35.3 Å². The van der Waals surface area contributed by atoms with Gasteiger partial charge in [0.1, 0.15) is 11.1 Å². The standard InChI is InChI=1S/C29H29N3O3S/c1-5-31(6-2)13-14-32(29-30-24-15-18(3)19(4)16-26(24)36-29)27(33)23-17-22-21-10-8-7-9-20(21)11-12-25(22)35-28(23)34/h7-12,15-17H,5-6,13-14H2,1-4H3. The van der Waals surface area contributed by atoms with E-state index in [1.165, 1.54) is 16.9 Å². The van der Waals surface area contributed by atoms with Gasteiger partial charge in [-0.15, -0.1) is 0 Å². The fraction of sp³-hybridized carbons (Fsp3) is 0.276. The fourth-order valence-electron chi connectivity index (χ4n) is 4.51. The lowest BCUT2D eigenvalue weighted by Gasteiger charge is -2.24. The molecular formula is C29H29N3O3S. The van der Waals surface area contributed by atoms with E-state index in [1.54, 1.807) is 17.0 Å². The molecule has 0 aliphatic heterocycles. The molecule has 7 heteroatoms. The first-order valence-corrected chi connectivity index (χ1v) is 13.1. The zero-order chi connectivity index (χ0) is 25.4. The van der Waals surface area contributed by atoms with Crippen LogP contribution in [0.2, 0.25) is 0 Å². The number of likely N-dealkylation sites (N-methyl/N-ethyl adjacent to an activating group) is 1. The summed E-state index contributed by atoms with van der Waals surface area (Å²) in [6, 6.07) is 17.4. The van der Waals surface area contributed by atoms with Gasteiger partial charge in [-0.25, -0.2) is 9.78 Å². The maximum Gasteiger partial charge on any atom is 0.349 e. The lowest BCUT2D eigenvalue weighted by Crippen LogP contribution is -2.40. The molecule has 0 atom stereocenters. The van der Waals surface area contributed by atoms with Gasteiger partial charge >= 0.3 is 5.63 Å². The minimum Gasteiger partial charge on any atom is -0.422 e. The summed E-state index contributed by atoms with van der Waals surface area (Å²) in [4.78, 5) is 35.7. The zero-order valence-corrected chi connectivity index (χ0v) is 21.8. The monoisotopic (exact) mass is 499 g/mol. The van der Waals surface area contributed by atoms with Gasteiger partial charge in [-0.3, -0.25) is 9.69 Å². The Morgan fingerprint density at radius 3 is 2.47 bits per heavy atom. The van der Waals surface area contributed by atoms with Gasteiger partial charge in [0.2, 0.25) is 0 Å². The number of hydrogen-bond acceptors (Lipinski definition) is 6. The highest BCUT2D eigenvalue weighted by molar-refractivity contribution is 7.22. The molecule has 0 saturated heterocycles. The Hall–Kier alpha value is -3.55. The van der Waals surface area contributed by atoms with Crippen molar-refractivity contribution in [3.05, 3.63) is 81.7 Å². The summed E-state index contributed by atoms with van der Waals surface area (Å²) < 4.78 is 6.65. The number of aryl methyl sites for hydroxylation is 2. The van der Waals surface area contributed by atoms with Gasteiger partial charge in [0.15, 0.2) is 5.13 Å². The minimum atomic E-state index is -0.636. The molecule has 5 rings (SSSR count). The van der Waals surface area contributed by atoms with Crippen LogP contribution in [0.15, 0.2) is 63.8 Å². The van der Waals surface area contributed by atoms with Crippen LogP contribution < -0.4 is 10.5 Å². The summed E-state index contributed by atoms with van der Waals surface area (Å²) in [6.45, 7) is 11.2. The normalized spacial score (nSPS) is 11.7. The second-order valence-electron chi connectivity index (χ2n) is 9.03. The van der Waals surface area contributed by atoms with Crippen LogP contribution in [0, 0.1) is 13.8 Å². The molecule has 0 spiro atoms. The van der Waals surface area contributed by atoms with Crippen LogP contribution in [-0.2, 0) is 0 Å². The van der Waals surface area contributed by atoms with Gasteiger partial charge in [0, 0.05) is 18.5 Å². The Morgan fingerprint density at radius 1 is 0.944 bits per heavy atom. The van der Waals surface area contributed by atoms with E-state index in [0.29, 0.717) is 23.8 Å². The predicted molar refractivity (Wildman–Crippen MR) is 149 cm³/mol. The second kappa shape index (κ2) is 9.84. The van der Waals surface area contributed by atoms with E-state index in [4.69, 9.17) is 9.40 Å². The quantitative estimate of drug-likeness (QED) is 0.198. The van der Waals surface area contributed by atoms with E-state index in [9.17, 15) is 9.59 Å². The van der Waals surface area contributed by atoms with Crippen LogP contribution in [0.25, 0.3) is 32.0 Å². The maximum atomic E-state index is 14.0. The van der Waals surface area contributed by atoms with Crippen LogP contribution >= 0.6 is 11.3 Å². The highest BCUT2D eigenvalue weighted by atomic mass is 32.1. The third-order valence-corrected chi connectivity index (χ3v) is 7.92. The lowest BCUT2D eigenvalue weighted by molar-refractivity contribution is 0.0980. The van der Waals surface area contributed by atoms with Gasteiger partial charge in [-0.05, 0) is 73.1 Å². The van der Waals surface area contributed by atoms with Crippen molar-refractivity contribution in [2.24, 2.45) is 0 Å². The largest absolute Gasteiger partial charge is 0.422 e. The molecule has 0 bridgehead atoms. The minimum absolute atomic E-state index is 0.0185. The third kappa shape index (κ3) is 4.40. The van der Waals surface area contributed by atoms with Crippen molar-refractivity contribution in [3.63, 3.8) is 0 Å². The number of nitrogens with zero attached hydrogens (tertiary/aromatic N) is 3. The number of fused-ring (bicyclic) bond motifs is 4. The molecule has 0 unspecified atom stereocenters. The number of carbonyl (C=O) groups is 1. The molecule has 0 aliphatic carbocycles. The highest BCUT2D eigenvalue weighted by Crippen LogP contribution is 2.32. The Morgan fingerprint density at radius 2 is 1.69 bits per heavy atom. The first kappa shape index (κ1) is 24.2. The summed E-state index contributed by atoms with van der Waals surface area (Å²) in [7, 11) is 0. The SMILES string of the molecule is CCN(CC)CCN(C(=O)c1cc2c(ccc3ccccc32)oc1=O)c1nc2cc(C)c(C)cc2s1. The van der Waals surface area contributed by atoms with Crippen molar-refractivity contribution >= 4 is 54.3 Å². The molecule has 2 aromatic heterocycles. The van der Waals surface area contributed by atoms with E-state index < -0.39 is 11.5 Å². The smallest absolute Gasteiger partial charge is 0.349 e. The summed E-state index contributed by atoms with van der Waals surface area (Å²) in [6.07, 6.45) is 0. The predicted octanol–water partition coefficient (Wildman–Crippen LogP) is 6.16. The summed E-state index contributed by atoms with van der Waals surface area (Å²) >= 11 is 1.47. The summed E-state index contributed by atoms with van der Waals surface area (Å²) in [5.74, 6) is -0.391. The average molecular weight is 500 g/mol. The molecule has 36 heavy (non-hydrogen) atoms. The van der Waals surface area contributed by atoms with Crippen molar-refractivity contribution < 1.29 is 9.21 Å². The molecule has 1 amide bonds. The zero-order valence-electron chi connectivity index (χ0n) is 21.0. The van der Waals surface area contributed by atoms with Gasteiger partial charge in [-0.1, -0.05) is 55.5 Å². The molecule has 0 fully saturated rings. The number of carbonyl (C=O) groups excluding carboxylic acids is 1. The molecule has 0 saturated carbocycles. The topological polar surface area (TPSA) is 66.7 Å². The van der Waals surface area contributed by atoms with Crippen LogP contribution in [0.3, 0.4) is 0 Å². The van der Waals surface area contributed by atoms with Gasteiger partial charge in [-0.2, -0.15) is 0 Å². The van der Waals surface area contributed by atoms with Crippen molar-refractivity contribution in [2.75, 3.05) is 31.1 Å². The Bertz CT molecular complexity index is 1610. The van der Waals surface area contributed by atoms with Gasteiger partial charge in [0.05, 0.1) is 10.2 Å². The average Bonchev–Trinajstić information content (AvgIpc) is 3.28. The van der Waals surface area contributed by atoms with Gasteiger partial charge < -0.3 is 9.32 Å². The van der Waals surface area contributed by atoms with Crippen molar-refractivity contribution in [1.82, 2.24) is 9.88 Å². The summed E-state index contributed by atoms with van der Waals surface area (Å²) in [5, 5.41) is 3.29. The molecule has 2 heterocycles. The Balaban J connectivity index is 1.63. The van der Waals surface area contributed by atoms with E-state index in [0.717, 1.165) is 45.0 Å². The number of benzene rings is 3.